The Kier molecular flexibility index (Phi) is 5.17. The van der Waals surface area contributed by atoms with E-state index in [0.717, 1.165) is 13.1 Å². The van der Waals surface area contributed by atoms with Gasteiger partial charge in [-0.25, -0.2) is 0 Å². The molecule has 0 aliphatic heterocycles. The lowest BCUT2D eigenvalue weighted by atomic mass is 10.1. The topological polar surface area (TPSA) is 6.48 Å². The molecule has 0 aliphatic carbocycles. The molecular weight excluding hydrogens is 292 g/mol. The van der Waals surface area contributed by atoms with E-state index >= 15 is 0 Å². The molecule has 2 nitrogen and oxygen atoms in total. The maximum absolute atomic E-state index is 2.42. The van der Waals surface area contributed by atoms with Crippen molar-refractivity contribution in [3.63, 3.8) is 0 Å². The number of anilines is 2. The first-order chi connectivity index (χ1) is 11.7. The molecule has 0 radical (unpaired) electrons. The Balaban J connectivity index is 1.86. The fourth-order valence-electron chi connectivity index (χ4n) is 2.81. The van der Waals surface area contributed by atoms with Crippen LogP contribution in [0.3, 0.4) is 0 Å². The van der Waals surface area contributed by atoms with Crippen LogP contribution in [-0.4, -0.2) is 14.1 Å². The van der Waals surface area contributed by atoms with Crippen LogP contribution in [0.25, 0.3) is 0 Å². The van der Waals surface area contributed by atoms with Crippen LogP contribution in [0.15, 0.2) is 84.9 Å². The van der Waals surface area contributed by atoms with Gasteiger partial charge in [-0.3, -0.25) is 0 Å². The number of hydrogen-bond donors (Lipinski definition) is 0. The van der Waals surface area contributed by atoms with Gasteiger partial charge in [-0.1, -0.05) is 60.7 Å². The minimum Gasteiger partial charge on any atom is -0.378 e. The molecule has 0 atom stereocenters. The Bertz CT molecular complexity index is 692. The van der Waals surface area contributed by atoms with E-state index in [0.29, 0.717) is 0 Å². The zero-order chi connectivity index (χ0) is 16.8. The van der Waals surface area contributed by atoms with Crippen molar-refractivity contribution in [2.45, 2.75) is 13.1 Å². The number of rotatable bonds is 6. The van der Waals surface area contributed by atoms with Crippen molar-refractivity contribution in [3.8, 4) is 0 Å². The lowest BCUT2D eigenvalue weighted by Crippen LogP contribution is -2.22. The van der Waals surface area contributed by atoms with Crippen molar-refractivity contribution in [3.05, 3.63) is 96.1 Å². The summed E-state index contributed by atoms with van der Waals surface area (Å²) in [6.07, 6.45) is 0. The highest BCUT2D eigenvalue weighted by atomic mass is 15.1. The second-order valence-corrected chi connectivity index (χ2v) is 6.24. The second-order valence-electron chi connectivity index (χ2n) is 6.24. The fraction of sp³-hybridized carbons (Fsp3) is 0.182. The molecule has 0 aliphatic rings. The molecule has 0 fully saturated rings. The van der Waals surface area contributed by atoms with Gasteiger partial charge in [0.15, 0.2) is 0 Å². The minimum atomic E-state index is 0.900. The van der Waals surface area contributed by atoms with Crippen LogP contribution in [-0.2, 0) is 13.1 Å². The summed E-state index contributed by atoms with van der Waals surface area (Å²) in [7, 11) is 4.14. The predicted octanol–water partition coefficient (Wildman–Crippen LogP) is 4.96. The normalized spacial score (nSPS) is 10.4. The number of benzene rings is 3. The molecule has 0 N–H and O–H groups in total. The number of nitrogens with zero attached hydrogens (tertiary/aromatic N) is 2. The summed E-state index contributed by atoms with van der Waals surface area (Å²) in [4.78, 5) is 4.55. The summed E-state index contributed by atoms with van der Waals surface area (Å²) in [5.74, 6) is 0. The van der Waals surface area contributed by atoms with Crippen LogP contribution in [0.2, 0.25) is 0 Å². The summed E-state index contributed by atoms with van der Waals surface area (Å²) in [5.41, 5.74) is 5.11. The van der Waals surface area contributed by atoms with Crippen LogP contribution >= 0.6 is 0 Å². The maximum atomic E-state index is 2.42. The Hall–Kier alpha value is -2.74. The lowest BCUT2D eigenvalue weighted by Gasteiger charge is -2.26. The molecular formula is C22H24N2. The SMILES string of the molecule is CN(C)c1ccc(N(Cc2ccccc2)Cc2ccccc2)cc1. The third kappa shape index (κ3) is 4.17. The summed E-state index contributed by atoms with van der Waals surface area (Å²) < 4.78 is 0. The van der Waals surface area contributed by atoms with Gasteiger partial charge in [0.05, 0.1) is 0 Å². The van der Waals surface area contributed by atoms with Gasteiger partial charge >= 0.3 is 0 Å². The van der Waals surface area contributed by atoms with Gasteiger partial charge in [0.25, 0.3) is 0 Å². The largest absolute Gasteiger partial charge is 0.378 e. The molecule has 0 heterocycles. The van der Waals surface area contributed by atoms with Gasteiger partial charge in [-0.15, -0.1) is 0 Å². The number of hydrogen-bond acceptors (Lipinski definition) is 2. The van der Waals surface area contributed by atoms with Gasteiger partial charge in [-0.2, -0.15) is 0 Å². The highest BCUT2D eigenvalue weighted by Crippen LogP contribution is 2.23. The van der Waals surface area contributed by atoms with E-state index in [-0.39, 0.29) is 0 Å². The fourth-order valence-corrected chi connectivity index (χ4v) is 2.81. The van der Waals surface area contributed by atoms with Gasteiger partial charge in [0.1, 0.15) is 0 Å². The molecule has 3 aromatic carbocycles. The summed E-state index contributed by atoms with van der Waals surface area (Å²) in [6.45, 7) is 1.80. The first kappa shape index (κ1) is 16.1. The van der Waals surface area contributed by atoms with Gasteiger partial charge < -0.3 is 9.80 Å². The molecule has 0 unspecified atom stereocenters. The summed E-state index contributed by atoms with van der Waals surface area (Å²) in [5, 5.41) is 0. The Morgan fingerprint density at radius 2 is 0.958 bits per heavy atom. The molecule has 0 bridgehead atoms. The third-order valence-electron chi connectivity index (χ3n) is 4.16. The molecule has 3 rings (SSSR count). The molecule has 0 saturated carbocycles. The second kappa shape index (κ2) is 7.69. The lowest BCUT2D eigenvalue weighted by molar-refractivity contribution is 0.800. The predicted molar refractivity (Wildman–Crippen MR) is 104 cm³/mol. The van der Waals surface area contributed by atoms with E-state index in [1.807, 2.05) is 0 Å². The van der Waals surface area contributed by atoms with Crippen molar-refractivity contribution >= 4 is 11.4 Å². The molecule has 0 saturated heterocycles. The van der Waals surface area contributed by atoms with E-state index < -0.39 is 0 Å². The first-order valence-corrected chi connectivity index (χ1v) is 8.32. The Morgan fingerprint density at radius 1 is 0.542 bits per heavy atom. The van der Waals surface area contributed by atoms with Crippen molar-refractivity contribution in [2.24, 2.45) is 0 Å². The first-order valence-electron chi connectivity index (χ1n) is 8.32. The van der Waals surface area contributed by atoms with Crippen molar-refractivity contribution in [1.82, 2.24) is 0 Å². The van der Waals surface area contributed by atoms with Gasteiger partial charge in [0.2, 0.25) is 0 Å². The standard InChI is InChI=1S/C22H24N2/c1-23(2)21-13-15-22(16-14-21)24(17-19-9-5-3-6-10-19)18-20-11-7-4-8-12-20/h3-16H,17-18H2,1-2H3. The highest BCUT2D eigenvalue weighted by molar-refractivity contribution is 5.56. The molecule has 0 aromatic heterocycles. The minimum absolute atomic E-state index is 0.900. The molecule has 3 aromatic rings. The Morgan fingerprint density at radius 3 is 1.38 bits per heavy atom. The molecule has 122 valence electrons. The van der Waals surface area contributed by atoms with Crippen molar-refractivity contribution < 1.29 is 0 Å². The highest BCUT2D eigenvalue weighted by Gasteiger charge is 2.09. The van der Waals surface area contributed by atoms with Crippen molar-refractivity contribution in [1.29, 1.82) is 0 Å². The molecule has 0 spiro atoms. The summed E-state index contributed by atoms with van der Waals surface area (Å²) >= 11 is 0. The van der Waals surface area contributed by atoms with Crippen LogP contribution in [0, 0.1) is 0 Å². The van der Waals surface area contributed by atoms with Crippen LogP contribution < -0.4 is 9.80 Å². The maximum Gasteiger partial charge on any atom is 0.0433 e. The van der Waals surface area contributed by atoms with Gasteiger partial charge in [0, 0.05) is 38.6 Å². The smallest absolute Gasteiger partial charge is 0.0433 e. The quantitative estimate of drug-likeness (QED) is 0.634. The van der Waals surface area contributed by atoms with Gasteiger partial charge in [-0.05, 0) is 35.4 Å². The van der Waals surface area contributed by atoms with E-state index in [4.69, 9.17) is 0 Å². The van der Waals surface area contributed by atoms with Crippen molar-refractivity contribution in [2.75, 3.05) is 23.9 Å². The molecule has 0 amide bonds. The van der Waals surface area contributed by atoms with Crippen LogP contribution in [0.4, 0.5) is 11.4 Å². The molecule has 24 heavy (non-hydrogen) atoms. The monoisotopic (exact) mass is 316 g/mol. The molecule has 2 heteroatoms. The zero-order valence-electron chi connectivity index (χ0n) is 14.4. The Labute approximate surface area is 145 Å². The average molecular weight is 316 g/mol. The van der Waals surface area contributed by atoms with E-state index in [9.17, 15) is 0 Å². The third-order valence-corrected chi connectivity index (χ3v) is 4.16. The van der Waals surface area contributed by atoms with Crippen LogP contribution in [0.5, 0.6) is 0 Å². The van der Waals surface area contributed by atoms with E-state index in [1.165, 1.54) is 22.5 Å². The average Bonchev–Trinajstić information content (AvgIpc) is 2.63. The van der Waals surface area contributed by atoms with Crippen LogP contribution in [0.1, 0.15) is 11.1 Å². The zero-order valence-corrected chi connectivity index (χ0v) is 14.4. The van der Waals surface area contributed by atoms with E-state index in [1.54, 1.807) is 0 Å². The summed E-state index contributed by atoms with van der Waals surface area (Å²) in [6, 6.07) is 30.1. The van der Waals surface area contributed by atoms with E-state index in [2.05, 4.69) is 109 Å².